The lowest BCUT2D eigenvalue weighted by atomic mass is 10.1. The molecule has 2 fully saturated rings. The molecule has 1 aliphatic carbocycles. The molecule has 1 atom stereocenters. The fourth-order valence-corrected chi connectivity index (χ4v) is 2.85. The summed E-state index contributed by atoms with van der Waals surface area (Å²) in [6.45, 7) is 2.59. The van der Waals surface area contributed by atoms with Gasteiger partial charge in [0.2, 0.25) is 11.8 Å². The van der Waals surface area contributed by atoms with Crippen LogP contribution in [0.2, 0.25) is 0 Å². The lowest BCUT2D eigenvalue weighted by molar-refractivity contribution is -0.145. The van der Waals surface area contributed by atoms with E-state index in [4.69, 9.17) is 5.11 Å². The van der Waals surface area contributed by atoms with E-state index < -0.39 is 11.9 Å². The summed E-state index contributed by atoms with van der Waals surface area (Å²) in [6.07, 6.45) is 6.40. The highest BCUT2D eigenvalue weighted by atomic mass is 16.4. The first-order chi connectivity index (χ1) is 10.5. The van der Waals surface area contributed by atoms with Crippen molar-refractivity contribution in [3.8, 4) is 0 Å². The fraction of sp³-hybridized carbons (Fsp3) is 0.812. The van der Waals surface area contributed by atoms with E-state index in [0.29, 0.717) is 13.0 Å². The van der Waals surface area contributed by atoms with Gasteiger partial charge >= 0.3 is 5.97 Å². The Kier molecular flexibility index (Phi) is 5.80. The smallest absolute Gasteiger partial charge is 0.308 e. The number of hydrogen-bond acceptors (Lipinski definition) is 3. The van der Waals surface area contributed by atoms with Gasteiger partial charge in [-0.05, 0) is 25.7 Å². The average Bonchev–Trinajstić information content (AvgIpc) is 3.28. The normalized spacial score (nSPS) is 21.0. The summed E-state index contributed by atoms with van der Waals surface area (Å²) in [4.78, 5) is 39.0. The molecular weight excluding hydrogens is 284 g/mol. The van der Waals surface area contributed by atoms with E-state index >= 15 is 0 Å². The van der Waals surface area contributed by atoms with E-state index in [0.717, 1.165) is 38.5 Å². The quantitative estimate of drug-likeness (QED) is 0.806. The maximum Gasteiger partial charge on any atom is 0.308 e. The molecule has 2 aliphatic rings. The summed E-state index contributed by atoms with van der Waals surface area (Å²) < 4.78 is 0. The number of hydrogen-bond donors (Lipinski definition) is 1. The van der Waals surface area contributed by atoms with Crippen LogP contribution in [-0.4, -0.2) is 58.4 Å². The lowest BCUT2D eigenvalue weighted by Crippen LogP contribution is -2.46. The molecule has 0 aromatic carbocycles. The van der Waals surface area contributed by atoms with Crippen molar-refractivity contribution < 1.29 is 19.5 Å². The Morgan fingerprint density at radius 3 is 2.59 bits per heavy atom. The van der Waals surface area contributed by atoms with Crippen molar-refractivity contribution in [3.63, 3.8) is 0 Å². The average molecular weight is 310 g/mol. The molecule has 0 bridgehead atoms. The first-order valence-corrected chi connectivity index (χ1v) is 8.29. The van der Waals surface area contributed by atoms with E-state index in [-0.39, 0.29) is 30.9 Å². The molecule has 1 N–H and O–H groups in total. The Morgan fingerprint density at radius 1 is 1.27 bits per heavy atom. The number of aliphatic carboxylic acids is 1. The van der Waals surface area contributed by atoms with Gasteiger partial charge in [0.15, 0.2) is 0 Å². The van der Waals surface area contributed by atoms with Crippen molar-refractivity contribution in [2.75, 3.05) is 19.6 Å². The summed E-state index contributed by atoms with van der Waals surface area (Å²) in [5.41, 5.74) is 0. The van der Waals surface area contributed by atoms with Gasteiger partial charge in [-0.25, -0.2) is 0 Å². The Bertz CT molecular complexity index is 434. The second-order valence-corrected chi connectivity index (χ2v) is 6.50. The highest BCUT2D eigenvalue weighted by Gasteiger charge is 2.35. The number of carboxylic acid groups (broad SMARTS) is 1. The standard InChI is InChI=1S/C16H26N2O4/c1-12(16(21)22)10-18(13-7-8-13)15(20)11-17-9-5-3-2-4-6-14(17)19/h12-13H,2-11H2,1H3,(H,21,22). The van der Waals surface area contributed by atoms with Crippen LogP contribution in [0.3, 0.4) is 0 Å². The molecule has 1 heterocycles. The number of amides is 2. The van der Waals surface area contributed by atoms with Crippen molar-refractivity contribution in [2.24, 2.45) is 5.92 Å². The van der Waals surface area contributed by atoms with Crippen LogP contribution >= 0.6 is 0 Å². The summed E-state index contributed by atoms with van der Waals surface area (Å²) in [5.74, 6) is -1.52. The molecule has 2 rings (SSSR count). The Labute approximate surface area is 131 Å². The van der Waals surface area contributed by atoms with Crippen molar-refractivity contribution in [2.45, 2.75) is 57.9 Å². The van der Waals surface area contributed by atoms with Crippen molar-refractivity contribution in [1.82, 2.24) is 9.80 Å². The zero-order valence-electron chi connectivity index (χ0n) is 13.3. The van der Waals surface area contributed by atoms with E-state index in [9.17, 15) is 14.4 Å². The molecular formula is C16H26N2O4. The fourth-order valence-electron chi connectivity index (χ4n) is 2.85. The van der Waals surface area contributed by atoms with Gasteiger partial charge in [-0.2, -0.15) is 0 Å². The molecule has 2 amide bonds. The SMILES string of the molecule is CC(CN(C(=O)CN1CCCCCCC1=O)C1CC1)C(=O)O. The number of carbonyl (C=O) groups is 3. The third-order valence-corrected chi connectivity index (χ3v) is 4.45. The van der Waals surface area contributed by atoms with Gasteiger partial charge in [0, 0.05) is 25.6 Å². The molecule has 6 nitrogen and oxygen atoms in total. The van der Waals surface area contributed by atoms with E-state index in [1.807, 2.05) is 0 Å². The third kappa shape index (κ3) is 4.71. The molecule has 1 aliphatic heterocycles. The van der Waals surface area contributed by atoms with Gasteiger partial charge in [0.05, 0.1) is 12.5 Å². The molecule has 0 spiro atoms. The number of carbonyl (C=O) groups excluding carboxylic acids is 2. The van der Waals surface area contributed by atoms with Crippen LogP contribution < -0.4 is 0 Å². The minimum absolute atomic E-state index is 0.0510. The molecule has 6 heteroatoms. The second-order valence-electron chi connectivity index (χ2n) is 6.50. The van der Waals surface area contributed by atoms with Gasteiger partial charge in [-0.1, -0.05) is 19.8 Å². The lowest BCUT2D eigenvalue weighted by Gasteiger charge is -2.29. The highest BCUT2D eigenvalue weighted by molar-refractivity contribution is 5.85. The molecule has 0 aromatic rings. The van der Waals surface area contributed by atoms with Gasteiger partial charge in [-0.15, -0.1) is 0 Å². The Balaban J connectivity index is 1.94. The molecule has 1 saturated carbocycles. The Morgan fingerprint density at radius 2 is 1.95 bits per heavy atom. The van der Waals surface area contributed by atoms with E-state index in [1.54, 1.807) is 16.7 Å². The monoisotopic (exact) mass is 310 g/mol. The topological polar surface area (TPSA) is 77.9 Å². The van der Waals surface area contributed by atoms with Crippen LogP contribution in [0.1, 0.15) is 51.9 Å². The summed E-state index contributed by atoms with van der Waals surface area (Å²) in [6, 6.07) is 0.166. The van der Waals surface area contributed by atoms with Crippen LogP contribution in [-0.2, 0) is 14.4 Å². The van der Waals surface area contributed by atoms with Crippen molar-refractivity contribution in [1.29, 1.82) is 0 Å². The van der Waals surface area contributed by atoms with E-state index in [2.05, 4.69) is 0 Å². The summed E-state index contributed by atoms with van der Waals surface area (Å²) in [7, 11) is 0. The third-order valence-electron chi connectivity index (χ3n) is 4.45. The maximum absolute atomic E-state index is 12.5. The predicted octanol–water partition coefficient (Wildman–Crippen LogP) is 1.49. The molecule has 22 heavy (non-hydrogen) atoms. The minimum Gasteiger partial charge on any atom is -0.481 e. The predicted molar refractivity (Wildman–Crippen MR) is 81.2 cm³/mol. The number of nitrogens with zero attached hydrogens (tertiary/aromatic N) is 2. The number of carboxylic acids is 1. The van der Waals surface area contributed by atoms with Crippen molar-refractivity contribution >= 4 is 17.8 Å². The Hall–Kier alpha value is -1.59. The molecule has 0 radical (unpaired) electrons. The molecule has 0 aromatic heterocycles. The van der Waals surface area contributed by atoms with Gasteiger partial charge in [-0.3, -0.25) is 14.4 Å². The second kappa shape index (κ2) is 7.61. The molecule has 1 saturated heterocycles. The van der Waals surface area contributed by atoms with Gasteiger partial charge < -0.3 is 14.9 Å². The van der Waals surface area contributed by atoms with Crippen LogP contribution in [0.25, 0.3) is 0 Å². The highest BCUT2D eigenvalue weighted by Crippen LogP contribution is 2.28. The summed E-state index contributed by atoms with van der Waals surface area (Å²) >= 11 is 0. The molecule has 124 valence electrons. The number of rotatable bonds is 6. The van der Waals surface area contributed by atoms with Crippen LogP contribution in [0, 0.1) is 5.92 Å². The minimum atomic E-state index is -0.888. The van der Waals surface area contributed by atoms with E-state index in [1.165, 1.54) is 0 Å². The molecule has 1 unspecified atom stereocenters. The maximum atomic E-state index is 12.5. The van der Waals surface area contributed by atoms with Crippen LogP contribution in [0.15, 0.2) is 0 Å². The summed E-state index contributed by atoms with van der Waals surface area (Å²) in [5, 5.41) is 9.04. The van der Waals surface area contributed by atoms with Crippen LogP contribution in [0.5, 0.6) is 0 Å². The number of likely N-dealkylation sites (tertiary alicyclic amines) is 1. The van der Waals surface area contributed by atoms with Gasteiger partial charge in [0.1, 0.15) is 0 Å². The first-order valence-electron chi connectivity index (χ1n) is 8.29. The zero-order chi connectivity index (χ0) is 16.1. The van der Waals surface area contributed by atoms with Gasteiger partial charge in [0.25, 0.3) is 0 Å². The van der Waals surface area contributed by atoms with Crippen LogP contribution in [0.4, 0.5) is 0 Å². The van der Waals surface area contributed by atoms with Crippen molar-refractivity contribution in [3.05, 3.63) is 0 Å². The zero-order valence-corrected chi connectivity index (χ0v) is 13.3. The largest absolute Gasteiger partial charge is 0.481 e. The first kappa shape index (κ1) is 16.8.